The number of nitrogens with two attached hydrogens (primary N) is 1. The highest BCUT2D eigenvalue weighted by Gasteiger charge is 2.37. The zero-order chi connectivity index (χ0) is 13.3. The second kappa shape index (κ2) is 5.16. The van der Waals surface area contributed by atoms with Crippen LogP contribution in [0.4, 0.5) is 5.69 Å². The summed E-state index contributed by atoms with van der Waals surface area (Å²) in [5.74, 6) is 0. The van der Waals surface area contributed by atoms with Gasteiger partial charge in [-0.15, -0.1) is 0 Å². The zero-order valence-electron chi connectivity index (χ0n) is 12.1. The molecule has 0 aromatic heterocycles. The van der Waals surface area contributed by atoms with Crippen LogP contribution in [0.15, 0.2) is 18.2 Å². The molecule has 19 heavy (non-hydrogen) atoms. The number of rotatable bonds is 2. The van der Waals surface area contributed by atoms with Crippen LogP contribution in [0.3, 0.4) is 0 Å². The molecule has 1 aliphatic heterocycles. The van der Waals surface area contributed by atoms with E-state index in [-0.39, 0.29) is 0 Å². The van der Waals surface area contributed by atoms with Gasteiger partial charge in [0.1, 0.15) is 0 Å². The minimum Gasteiger partial charge on any atom is -0.371 e. The van der Waals surface area contributed by atoms with E-state index in [0.29, 0.717) is 12.0 Å². The molecule has 1 heterocycles. The SMILES string of the molecule is Cc1ccc(CN)c(N2CCC3(CCCC3)CC2)c1. The first-order valence-corrected chi connectivity index (χ1v) is 7.77. The molecule has 2 N–H and O–H groups in total. The lowest BCUT2D eigenvalue weighted by molar-refractivity contribution is 0.226. The lowest BCUT2D eigenvalue weighted by Gasteiger charge is -2.41. The van der Waals surface area contributed by atoms with Crippen molar-refractivity contribution in [3.8, 4) is 0 Å². The van der Waals surface area contributed by atoms with Gasteiger partial charge in [0.05, 0.1) is 0 Å². The van der Waals surface area contributed by atoms with Crippen molar-refractivity contribution in [3.63, 3.8) is 0 Å². The largest absolute Gasteiger partial charge is 0.371 e. The van der Waals surface area contributed by atoms with Crippen LogP contribution in [-0.4, -0.2) is 13.1 Å². The highest BCUT2D eigenvalue weighted by Crippen LogP contribution is 2.46. The Morgan fingerprint density at radius 1 is 1.11 bits per heavy atom. The van der Waals surface area contributed by atoms with Crippen molar-refractivity contribution in [1.82, 2.24) is 0 Å². The third-order valence-corrected chi connectivity index (χ3v) is 5.29. The monoisotopic (exact) mass is 258 g/mol. The fourth-order valence-electron chi connectivity index (χ4n) is 3.99. The Morgan fingerprint density at radius 3 is 2.42 bits per heavy atom. The number of anilines is 1. The van der Waals surface area contributed by atoms with Crippen LogP contribution in [0, 0.1) is 12.3 Å². The average Bonchev–Trinajstić information content (AvgIpc) is 2.88. The molecule has 2 aliphatic rings. The van der Waals surface area contributed by atoms with Crippen molar-refractivity contribution in [1.29, 1.82) is 0 Å². The molecule has 104 valence electrons. The Bertz CT molecular complexity index is 437. The summed E-state index contributed by atoms with van der Waals surface area (Å²) in [6, 6.07) is 6.69. The lowest BCUT2D eigenvalue weighted by atomic mass is 9.77. The third-order valence-electron chi connectivity index (χ3n) is 5.29. The number of hydrogen-bond acceptors (Lipinski definition) is 2. The molecule has 1 saturated carbocycles. The van der Waals surface area contributed by atoms with Crippen molar-refractivity contribution >= 4 is 5.69 Å². The molecule has 0 unspecified atom stereocenters. The maximum atomic E-state index is 5.90. The highest BCUT2D eigenvalue weighted by molar-refractivity contribution is 5.55. The molecule has 0 atom stereocenters. The summed E-state index contributed by atoms with van der Waals surface area (Å²) in [7, 11) is 0. The summed E-state index contributed by atoms with van der Waals surface area (Å²) in [6.07, 6.45) is 8.61. The topological polar surface area (TPSA) is 29.3 Å². The van der Waals surface area contributed by atoms with E-state index in [4.69, 9.17) is 5.73 Å². The van der Waals surface area contributed by atoms with Crippen LogP contribution in [0.5, 0.6) is 0 Å². The highest BCUT2D eigenvalue weighted by atomic mass is 15.1. The van der Waals surface area contributed by atoms with Gasteiger partial charge in [0.2, 0.25) is 0 Å². The molecule has 1 saturated heterocycles. The van der Waals surface area contributed by atoms with Crippen molar-refractivity contribution < 1.29 is 0 Å². The van der Waals surface area contributed by atoms with Gasteiger partial charge in [0.15, 0.2) is 0 Å². The fraction of sp³-hybridized carbons (Fsp3) is 0.647. The predicted octanol–water partition coefficient (Wildman–Crippen LogP) is 3.61. The van der Waals surface area contributed by atoms with Gasteiger partial charge in [-0.05, 0) is 55.2 Å². The standard InChI is InChI=1S/C17H26N2/c1-14-4-5-15(13-18)16(12-14)19-10-8-17(9-11-19)6-2-3-7-17/h4-5,12H,2-3,6-11,13,18H2,1H3. The summed E-state index contributed by atoms with van der Waals surface area (Å²) in [6.45, 7) is 5.26. The Hall–Kier alpha value is -1.02. The van der Waals surface area contributed by atoms with Gasteiger partial charge in [-0.1, -0.05) is 25.0 Å². The van der Waals surface area contributed by atoms with E-state index in [0.717, 1.165) is 0 Å². The average molecular weight is 258 g/mol. The van der Waals surface area contributed by atoms with E-state index in [2.05, 4.69) is 30.0 Å². The van der Waals surface area contributed by atoms with Crippen molar-refractivity contribution in [3.05, 3.63) is 29.3 Å². The summed E-state index contributed by atoms with van der Waals surface area (Å²) >= 11 is 0. The Morgan fingerprint density at radius 2 is 1.79 bits per heavy atom. The number of piperidine rings is 1. The van der Waals surface area contributed by atoms with Crippen molar-refractivity contribution in [2.24, 2.45) is 11.1 Å². The Kier molecular flexibility index (Phi) is 3.53. The Labute approximate surface area is 117 Å². The molecular formula is C17H26N2. The van der Waals surface area contributed by atoms with E-state index in [1.807, 2.05) is 0 Å². The van der Waals surface area contributed by atoms with Crippen molar-refractivity contribution in [2.45, 2.75) is 52.0 Å². The van der Waals surface area contributed by atoms with E-state index in [1.54, 1.807) is 0 Å². The van der Waals surface area contributed by atoms with Gasteiger partial charge in [0.25, 0.3) is 0 Å². The molecule has 1 spiro atoms. The third kappa shape index (κ3) is 2.51. The Balaban J connectivity index is 1.76. The van der Waals surface area contributed by atoms with Gasteiger partial charge in [-0.3, -0.25) is 0 Å². The first-order chi connectivity index (χ1) is 9.22. The van der Waals surface area contributed by atoms with Gasteiger partial charge in [0, 0.05) is 25.3 Å². The van der Waals surface area contributed by atoms with Crippen LogP contribution in [0.2, 0.25) is 0 Å². The number of nitrogens with zero attached hydrogens (tertiary/aromatic N) is 1. The summed E-state index contributed by atoms with van der Waals surface area (Å²) < 4.78 is 0. The van der Waals surface area contributed by atoms with Gasteiger partial charge in [-0.2, -0.15) is 0 Å². The zero-order valence-corrected chi connectivity index (χ0v) is 12.1. The van der Waals surface area contributed by atoms with Crippen LogP contribution in [-0.2, 0) is 6.54 Å². The van der Waals surface area contributed by atoms with E-state index in [1.165, 1.54) is 68.4 Å². The minimum atomic E-state index is 0.650. The molecule has 3 rings (SSSR count). The number of benzene rings is 1. The molecule has 0 bridgehead atoms. The second-order valence-corrected chi connectivity index (χ2v) is 6.53. The predicted molar refractivity (Wildman–Crippen MR) is 81.4 cm³/mol. The van der Waals surface area contributed by atoms with Gasteiger partial charge >= 0.3 is 0 Å². The van der Waals surface area contributed by atoms with E-state index in [9.17, 15) is 0 Å². The van der Waals surface area contributed by atoms with E-state index >= 15 is 0 Å². The lowest BCUT2D eigenvalue weighted by Crippen LogP contribution is -2.39. The summed E-state index contributed by atoms with van der Waals surface area (Å²) in [5, 5.41) is 0. The van der Waals surface area contributed by atoms with Gasteiger partial charge in [-0.25, -0.2) is 0 Å². The normalized spacial score (nSPS) is 22.1. The summed E-state index contributed by atoms with van der Waals surface area (Å²) in [4.78, 5) is 2.57. The van der Waals surface area contributed by atoms with Crippen LogP contribution in [0.25, 0.3) is 0 Å². The molecule has 2 nitrogen and oxygen atoms in total. The molecule has 1 aliphatic carbocycles. The molecule has 2 heteroatoms. The molecule has 2 fully saturated rings. The second-order valence-electron chi connectivity index (χ2n) is 6.53. The number of aryl methyl sites for hydroxylation is 1. The first-order valence-electron chi connectivity index (χ1n) is 7.77. The maximum Gasteiger partial charge on any atom is 0.0414 e. The molecule has 1 aromatic carbocycles. The smallest absolute Gasteiger partial charge is 0.0414 e. The molecule has 0 radical (unpaired) electrons. The van der Waals surface area contributed by atoms with Crippen LogP contribution < -0.4 is 10.6 Å². The molecule has 0 amide bonds. The van der Waals surface area contributed by atoms with E-state index < -0.39 is 0 Å². The van der Waals surface area contributed by atoms with Crippen molar-refractivity contribution in [2.75, 3.05) is 18.0 Å². The molecule has 1 aromatic rings. The van der Waals surface area contributed by atoms with Crippen LogP contribution >= 0.6 is 0 Å². The molecular weight excluding hydrogens is 232 g/mol. The maximum absolute atomic E-state index is 5.90. The van der Waals surface area contributed by atoms with Gasteiger partial charge < -0.3 is 10.6 Å². The first kappa shape index (κ1) is 13.0. The van der Waals surface area contributed by atoms with Crippen LogP contribution in [0.1, 0.15) is 49.7 Å². The summed E-state index contributed by atoms with van der Waals surface area (Å²) in [5.41, 5.74) is 10.6. The fourth-order valence-corrected chi connectivity index (χ4v) is 3.99. The quantitative estimate of drug-likeness (QED) is 0.878. The minimum absolute atomic E-state index is 0.650. The number of hydrogen-bond donors (Lipinski definition) is 1.